The number of aliphatic imine (C=N–C) groups is 1. The number of ether oxygens (including phenoxy) is 1. The summed E-state index contributed by atoms with van der Waals surface area (Å²) in [5.41, 5.74) is 2.13. The Hall–Kier alpha value is -6.26. The van der Waals surface area contributed by atoms with Gasteiger partial charge in [0.05, 0.1) is 18.5 Å². The number of benzene rings is 3. The van der Waals surface area contributed by atoms with Crippen molar-refractivity contribution < 1.29 is 13.9 Å². The number of nitrogens with zero attached hydrogens (tertiary/aromatic N) is 5. The lowest BCUT2D eigenvalue weighted by Gasteiger charge is -2.12. The summed E-state index contributed by atoms with van der Waals surface area (Å²) in [7, 11) is 0. The van der Waals surface area contributed by atoms with Crippen LogP contribution in [0.2, 0.25) is 5.02 Å². The fraction of sp³-hybridized carbons (Fsp3) is 0.0270. The highest BCUT2D eigenvalue weighted by atomic mass is 35.5. The van der Waals surface area contributed by atoms with Gasteiger partial charge in [-0.1, -0.05) is 90.5 Å². The largest absolute Gasteiger partial charge is 0.454 e. The Balaban J connectivity index is 1.22. The average Bonchev–Trinajstić information content (AvgIpc) is 3.11. The van der Waals surface area contributed by atoms with E-state index in [9.17, 15) is 14.0 Å². The third-order valence-electron chi connectivity index (χ3n) is 7.01. The molecule has 3 aromatic heterocycles. The minimum Gasteiger partial charge on any atom is -0.454 e. The Labute approximate surface area is 279 Å². The quantitative estimate of drug-likeness (QED) is 0.119. The first kappa shape index (κ1) is 31.7. The lowest BCUT2D eigenvalue weighted by Crippen LogP contribution is -2.27. The molecule has 0 atom stereocenters. The standard InChI is InChI=1S/C37H26ClFN6O3/c1-2-21-45-23-29(24-13-15-27(39)16-14-24)35(46)34(44-45)37(47)42-31-18-17-28(22-41-31)48-30-19-20-40-36(32(30)38)43-33(25-9-5-3-6-10-25)26-11-7-4-8-12-26/h2-20,22-23H,1,21H2,(H,41,42,47). The number of pyridine rings is 2. The zero-order valence-electron chi connectivity index (χ0n) is 25.3. The fourth-order valence-electron chi connectivity index (χ4n) is 4.73. The van der Waals surface area contributed by atoms with Crippen LogP contribution in [0.3, 0.4) is 0 Å². The van der Waals surface area contributed by atoms with Crippen LogP contribution >= 0.6 is 11.6 Å². The molecule has 6 rings (SSSR count). The summed E-state index contributed by atoms with van der Waals surface area (Å²) in [6.07, 6.45) is 6.00. The number of allylic oxidation sites excluding steroid dienone is 1. The molecule has 0 aliphatic heterocycles. The third kappa shape index (κ3) is 7.24. The van der Waals surface area contributed by atoms with E-state index in [-0.39, 0.29) is 34.5 Å². The molecule has 236 valence electrons. The fourth-order valence-corrected chi connectivity index (χ4v) is 4.92. The predicted octanol–water partition coefficient (Wildman–Crippen LogP) is 7.89. The summed E-state index contributed by atoms with van der Waals surface area (Å²) in [6.45, 7) is 3.93. The number of hydrogen-bond acceptors (Lipinski definition) is 7. The van der Waals surface area contributed by atoms with E-state index in [1.807, 2.05) is 60.7 Å². The van der Waals surface area contributed by atoms with E-state index in [4.69, 9.17) is 21.3 Å². The van der Waals surface area contributed by atoms with Crippen LogP contribution in [0, 0.1) is 5.82 Å². The molecule has 0 aliphatic rings. The summed E-state index contributed by atoms with van der Waals surface area (Å²) < 4.78 is 20.9. The topological polar surface area (TPSA) is 111 Å². The molecule has 0 radical (unpaired) electrons. The van der Waals surface area contributed by atoms with Crippen molar-refractivity contribution in [2.75, 3.05) is 5.32 Å². The second-order valence-corrected chi connectivity index (χ2v) is 10.7. The van der Waals surface area contributed by atoms with Crippen molar-refractivity contribution in [3.63, 3.8) is 0 Å². The van der Waals surface area contributed by atoms with E-state index < -0.39 is 17.2 Å². The first-order chi connectivity index (χ1) is 23.4. The summed E-state index contributed by atoms with van der Waals surface area (Å²) in [5, 5.41) is 6.97. The van der Waals surface area contributed by atoms with E-state index in [1.165, 1.54) is 47.4 Å². The number of aromatic nitrogens is 4. The number of nitrogens with one attached hydrogen (secondary N) is 1. The Morgan fingerprint density at radius 1 is 0.938 bits per heavy atom. The molecule has 0 aliphatic carbocycles. The lowest BCUT2D eigenvalue weighted by molar-refractivity contribution is 0.101. The van der Waals surface area contributed by atoms with Crippen LogP contribution < -0.4 is 15.5 Å². The van der Waals surface area contributed by atoms with Gasteiger partial charge in [0.2, 0.25) is 5.43 Å². The van der Waals surface area contributed by atoms with Gasteiger partial charge in [-0.3, -0.25) is 14.3 Å². The Bertz CT molecular complexity index is 2130. The van der Waals surface area contributed by atoms with Crippen LogP contribution in [0.4, 0.5) is 16.0 Å². The molecule has 6 aromatic rings. The van der Waals surface area contributed by atoms with Crippen LogP contribution in [0.1, 0.15) is 21.6 Å². The molecule has 3 heterocycles. The van der Waals surface area contributed by atoms with Crippen LogP contribution in [0.25, 0.3) is 11.1 Å². The molecule has 0 spiro atoms. The minimum atomic E-state index is -0.768. The highest BCUT2D eigenvalue weighted by Gasteiger charge is 2.19. The molecule has 1 N–H and O–H groups in total. The second-order valence-electron chi connectivity index (χ2n) is 10.3. The molecular formula is C37H26ClFN6O3. The van der Waals surface area contributed by atoms with Crippen molar-refractivity contribution >= 4 is 34.9 Å². The number of hydrogen-bond donors (Lipinski definition) is 1. The van der Waals surface area contributed by atoms with Crippen molar-refractivity contribution in [3.05, 3.63) is 172 Å². The van der Waals surface area contributed by atoms with Crippen LogP contribution in [-0.2, 0) is 6.54 Å². The SMILES string of the molecule is C=CCn1cc(-c2ccc(F)cc2)c(=O)c(C(=O)Nc2ccc(Oc3ccnc(N=C(c4ccccc4)c4ccccc4)c3Cl)cn2)n1. The molecule has 0 saturated heterocycles. The van der Waals surface area contributed by atoms with Crippen LogP contribution in [-0.4, -0.2) is 31.4 Å². The zero-order chi connectivity index (χ0) is 33.5. The van der Waals surface area contributed by atoms with Gasteiger partial charge in [-0.05, 0) is 29.8 Å². The van der Waals surface area contributed by atoms with Gasteiger partial charge >= 0.3 is 0 Å². The van der Waals surface area contributed by atoms with Gasteiger partial charge in [0.15, 0.2) is 17.3 Å². The first-order valence-corrected chi connectivity index (χ1v) is 15.1. The van der Waals surface area contributed by atoms with Gasteiger partial charge in [0.1, 0.15) is 22.4 Å². The maximum absolute atomic E-state index is 13.5. The molecule has 0 fully saturated rings. The molecule has 0 bridgehead atoms. The Morgan fingerprint density at radius 2 is 1.62 bits per heavy atom. The van der Waals surface area contributed by atoms with E-state index in [1.54, 1.807) is 24.4 Å². The number of carbonyl (C=O) groups is 1. The van der Waals surface area contributed by atoms with E-state index >= 15 is 0 Å². The number of halogens is 2. The summed E-state index contributed by atoms with van der Waals surface area (Å²) in [6, 6.07) is 29.5. The second kappa shape index (κ2) is 14.4. The van der Waals surface area contributed by atoms with Gasteiger partial charge in [-0.15, -0.1) is 6.58 Å². The van der Waals surface area contributed by atoms with E-state index in [0.29, 0.717) is 22.8 Å². The van der Waals surface area contributed by atoms with Crippen LogP contribution in [0.5, 0.6) is 11.5 Å². The van der Waals surface area contributed by atoms with Gasteiger partial charge in [0.25, 0.3) is 5.91 Å². The molecule has 11 heteroatoms. The summed E-state index contributed by atoms with van der Waals surface area (Å²) >= 11 is 6.73. The molecule has 9 nitrogen and oxygen atoms in total. The summed E-state index contributed by atoms with van der Waals surface area (Å²) in [4.78, 5) is 39.9. The number of anilines is 1. The monoisotopic (exact) mass is 656 g/mol. The van der Waals surface area contributed by atoms with Crippen molar-refractivity contribution in [2.24, 2.45) is 4.99 Å². The third-order valence-corrected chi connectivity index (χ3v) is 7.36. The lowest BCUT2D eigenvalue weighted by atomic mass is 10.0. The highest BCUT2D eigenvalue weighted by Crippen LogP contribution is 2.35. The first-order valence-electron chi connectivity index (χ1n) is 14.7. The van der Waals surface area contributed by atoms with Crippen molar-refractivity contribution in [3.8, 4) is 22.6 Å². The number of carbonyl (C=O) groups excluding carboxylic acids is 1. The smallest absolute Gasteiger partial charge is 0.281 e. The number of amides is 1. The molecule has 0 saturated carbocycles. The van der Waals surface area contributed by atoms with Gasteiger partial charge < -0.3 is 10.1 Å². The highest BCUT2D eigenvalue weighted by molar-refractivity contribution is 6.34. The van der Waals surface area contributed by atoms with E-state index in [0.717, 1.165) is 11.1 Å². The van der Waals surface area contributed by atoms with E-state index in [2.05, 4.69) is 27.0 Å². The molecule has 0 unspecified atom stereocenters. The minimum absolute atomic E-state index is 0.150. The Morgan fingerprint density at radius 3 is 2.25 bits per heavy atom. The molecule has 1 amide bonds. The van der Waals surface area contributed by atoms with Crippen molar-refractivity contribution in [2.45, 2.75) is 6.54 Å². The maximum atomic E-state index is 13.5. The number of rotatable bonds is 10. The molecular weight excluding hydrogens is 631 g/mol. The van der Waals surface area contributed by atoms with Gasteiger partial charge in [0, 0.05) is 35.2 Å². The van der Waals surface area contributed by atoms with Crippen molar-refractivity contribution in [1.29, 1.82) is 0 Å². The maximum Gasteiger partial charge on any atom is 0.281 e. The molecule has 48 heavy (non-hydrogen) atoms. The van der Waals surface area contributed by atoms with Crippen molar-refractivity contribution in [1.82, 2.24) is 19.7 Å². The van der Waals surface area contributed by atoms with Gasteiger partial charge in [-0.2, -0.15) is 5.10 Å². The average molecular weight is 657 g/mol. The predicted molar refractivity (Wildman–Crippen MR) is 184 cm³/mol. The van der Waals surface area contributed by atoms with Gasteiger partial charge in [-0.25, -0.2) is 19.4 Å². The summed E-state index contributed by atoms with van der Waals surface area (Å²) in [5.74, 6) is -0.170. The molecule has 3 aromatic carbocycles. The van der Waals surface area contributed by atoms with Crippen LogP contribution in [0.15, 0.2) is 144 Å². The Kier molecular flexibility index (Phi) is 9.54. The zero-order valence-corrected chi connectivity index (χ0v) is 26.0. The normalized spacial score (nSPS) is 10.6.